The van der Waals surface area contributed by atoms with E-state index in [0.717, 1.165) is 11.1 Å². The molecule has 2 rings (SSSR count). The Morgan fingerprint density at radius 1 is 1.63 bits per heavy atom. The van der Waals surface area contributed by atoms with Crippen molar-refractivity contribution < 1.29 is 14.4 Å². The van der Waals surface area contributed by atoms with E-state index in [4.69, 9.17) is 26.9 Å². The highest BCUT2D eigenvalue weighted by Gasteiger charge is 2.47. The minimum absolute atomic E-state index is 0.00624. The summed E-state index contributed by atoms with van der Waals surface area (Å²) < 4.78 is 4.72. The predicted octanol–water partition coefficient (Wildman–Crippen LogP) is 1.64. The summed E-state index contributed by atoms with van der Waals surface area (Å²) in [7, 11) is 1.30. The molecule has 5 nitrogen and oxygen atoms in total. The van der Waals surface area contributed by atoms with E-state index in [0.29, 0.717) is 10.7 Å². The number of carbonyl (C=O) groups is 1. The summed E-state index contributed by atoms with van der Waals surface area (Å²) in [6.07, 6.45) is 0.275. The Kier molecular flexibility index (Phi) is 3.78. The molecule has 0 bridgehead atoms. The lowest BCUT2D eigenvalue weighted by molar-refractivity contribution is -0.165. The monoisotopic (exact) mass is 282 g/mol. The van der Waals surface area contributed by atoms with Gasteiger partial charge in [0.05, 0.1) is 12.8 Å². The molecule has 102 valence electrons. The molecule has 0 radical (unpaired) electrons. The minimum Gasteiger partial charge on any atom is -0.466 e. The number of aryl methyl sites for hydroxylation is 1. The second kappa shape index (κ2) is 5.19. The zero-order valence-electron chi connectivity index (χ0n) is 10.8. The van der Waals surface area contributed by atoms with E-state index >= 15 is 0 Å². The maximum absolute atomic E-state index is 11.8. The standard InChI is InChI=1S/C13H15ClN2O3/c1-8-3-4-9(14)5-10(8)11-6-13(7-15,19-16-11)12(17)18-2/h3-5H,6-7,15H2,1-2H3. The molecule has 0 amide bonds. The molecule has 1 unspecified atom stereocenters. The highest BCUT2D eigenvalue weighted by Crippen LogP contribution is 2.29. The lowest BCUT2D eigenvalue weighted by atomic mass is 9.92. The second-order valence-corrected chi connectivity index (χ2v) is 4.89. The first kappa shape index (κ1) is 13.8. The first-order valence-electron chi connectivity index (χ1n) is 5.82. The van der Waals surface area contributed by atoms with Crippen LogP contribution in [0.25, 0.3) is 0 Å². The molecule has 1 aliphatic rings. The minimum atomic E-state index is -1.22. The van der Waals surface area contributed by atoms with Crippen LogP contribution in [-0.4, -0.2) is 30.9 Å². The van der Waals surface area contributed by atoms with Gasteiger partial charge in [0.1, 0.15) is 0 Å². The van der Waals surface area contributed by atoms with Crippen LogP contribution in [0.2, 0.25) is 5.02 Å². The van der Waals surface area contributed by atoms with Crippen LogP contribution in [0, 0.1) is 6.92 Å². The largest absolute Gasteiger partial charge is 0.466 e. The highest BCUT2D eigenvalue weighted by atomic mass is 35.5. The van der Waals surface area contributed by atoms with Crippen LogP contribution in [0.3, 0.4) is 0 Å². The van der Waals surface area contributed by atoms with E-state index in [-0.39, 0.29) is 13.0 Å². The fourth-order valence-corrected chi connectivity index (χ4v) is 2.19. The molecule has 0 saturated carbocycles. The molecule has 1 aromatic rings. The van der Waals surface area contributed by atoms with Gasteiger partial charge in [-0.2, -0.15) is 0 Å². The van der Waals surface area contributed by atoms with Crippen molar-refractivity contribution in [3.8, 4) is 0 Å². The lowest BCUT2D eigenvalue weighted by Crippen LogP contribution is -2.46. The Morgan fingerprint density at radius 3 is 3.00 bits per heavy atom. The van der Waals surface area contributed by atoms with E-state index in [9.17, 15) is 4.79 Å². The van der Waals surface area contributed by atoms with Crippen LogP contribution in [0.1, 0.15) is 17.5 Å². The topological polar surface area (TPSA) is 73.9 Å². The second-order valence-electron chi connectivity index (χ2n) is 4.46. The lowest BCUT2D eigenvalue weighted by Gasteiger charge is -2.21. The van der Waals surface area contributed by atoms with Crippen molar-refractivity contribution in [2.75, 3.05) is 13.7 Å². The molecular formula is C13H15ClN2O3. The SMILES string of the molecule is COC(=O)C1(CN)CC(c2cc(Cl)ccc2C)=NO1. The maximum atomic E-state index is 11.8. The number of nitrogens with zero attached hydrogens (tertiary/aromatic N) is 1. The average Bonchev–Trinajstić information content (AvgIpc) is 2.86. The van der Waals surface area contributed by atoms with Gasteiger partial charge in [0.25, 0.3) is 5.60 Å². The van der Waals surface area contributed by atoms with Crippen molar-refractivity contribution in [3.63, 3.8) is 0 Å². The van der Waals surface area contributed by atoms with Crippen molar-refractivity contribution in [3.05, 3.63) is 34.3 Å². The summed E-state index contributed by atoms with van der Waals surface area (Å²) >= 11 is 5.98. The number of oxime groups is 1. The number of esters is 1. The molecule has 1 aromatic carbocycles. The highest BCUT2D eigenvalue weighted by molar-refractivity contribution is 6.31. The van der Waals surface area contributed by atoms with Gasteiger partial charge < -0.3 is 15.3 Å². The molecule has 1 atom stereocenters. The van der Waals surface area contributed by atoms with Crippen LogP contribution in [0.15, 0.2) is 23.4 Å². The number of nitrogens with two attached hydrogens (primary N) is 1. The van der Waals surface area contributed by atoms with Crippen LogP contribution >= 0.6 is 11.6 Å². The molecule has 2 N–H and O–H groups in total. The van der Waals surface area contributed by atoms with Crippen LogP contribution in [0.5, 0.6) is 0 Å². The fourth-order valence-electron chi connectivity index (χ4n) is 2.02. The van der Waals surface area contributed by atoms with Gasteiger partial charge in [-0.05, 0) is 24.6 Å². The zero-order chi connectivity index (χ0) is 14.0. The third-order valence-electron chi connectivity index (χ3n) is 3.18. The summed E-state index contributed by atoms with van der Waals surface area (Å²) in [6, 6.07) is 5.48. The van der Waals surface area contributed by atoms with Crippen LogP contribution in [-0.2, 0) is 14.4 Å². The predicted molar refractivity (Wildman–Crippen MR) is 72.2 cm³/mol. The van der Waals surface area contributed by atoms with E-state index in [1.807, 2.05) is 13.0 Å². The number of methoxy groups -OCH3 is 1. The summed E-state index contributed by atoms with van der Waals surface area (Å²) in [4.78, 5) is 17.0. The molecule has 0 spiro atoms. The average molecular weight is 283 g/mol. The first-order valence-corrected chi connectivity index (χ1v) is 6.20. The Morgan fingerprint density at radius 2 is 2.37 bits per heavy atom. The molecule has 6 heteroatoms. The smallest absolute Gasteiger partial charge is 0.354 e. The summed E-state index contributed by atoms with van der Waals surface area (Å²) in [6.45, 7) is 1.95. The molecule has 0 aliphatic carbocycles. The number of benzene rings is 1. The van der Waals surface area contributed by atoms with Crippen molar-refractivity contribution in [1.82, 2.24) is 0 Å². The molecule has 1 heterocycles. The third-order valence-corrected chi connectivity index (χ3v) is 3.42. The van der Waals surface area contributed by atoms with Gasteiger partial charge in [0.2, 0.25) is 0 Å². The third kappa shape index (κ3) is 2.43. The maximum Gasteiger partial charge on any atom is 0.354 e. The number of rotatable bonds is 3. The Bertz CT molecular complexity index is 545. The normalized spacial score (nSPS) is 21.8. The van der Waals surface area contributed by atoms with Gasteiger partial charge in [-0.15, -0.1) is 0 Å². The summed E-state index contributed by atoms with van der Waals surface area (Å²) in [5.74, 6) is -0.520. The molecule has 19 heavy (non-hydrogen) atoms. The first-order chi connectivity index (χ1) is 9.02. The molecule has 0 fully saturated rings. The van der Waals surface area contributed by atoms with Crippen LogP contribution in [0.4, 0.5) is 0 Å². The van der Waals surface area contributed by atoms with E-state index in [2.05, 4.69) is 5.16 Å². The van der Waals surface area contributed by atoms with E-state index in [1.165, 1.54) is 7.11 Å². The van der Waals surface area contributed by atoms with Gasteiger partial charge in [-0.25, -0.2) is 4.79 Å². The van der Waals surface area contributed by atoms with Crippen molar-refractivity contribution in [2.24, 2.45) is 10.9 Å². The van der Waals surface area contributed by atoms with Gasteiger partial charge in [-0.1, -0.05) is 22.8 Å². The number of hydrogen-bond donors (Lipinski definition) is 1. The van der Waals surface area contributed by atoms with E-state index < -0.39 is 11.6 Å². The van der Waals surface area contributed by atoms with Crippen molar-refractivity contribution in [1.29, 1.82) is 0 Å². The number of ether oxygens (including phenoxy) is 1. The van der Waals surface area contributed by atoms with Gasteiger partial charge in [0.15, 0.2) is 0 Å². The molecule has 0 saturated heterocycles. The molecule has 0 aromatic heterocycles. The zero-order valence-corrected chi connectivity index (χ0v) is 11.5. The quantitative estimate of drug-likeness (QED) is 0.856. The van der Waals surface area contributed by atoms with Gasteiger partial charge >= 0.3 is 5.97 Å². The van der Waals surface area contributed by atoms with Crippen LogP contribution < -0.4 is 5.73 Å². The van der Waals surface area contributed by atoms with Crippen molar-refractivity contribution >= 4 is 23.3 Å². The summed E-state index contributed by atoms with van der Waals surface area (Å²) in [5, 5.41) is 4.58. The molecular weight excluding hydrogens is 268 g/mol. The number of halogens is 1. The Labute approximate surface area is 116 Å². The number of carbonyl (C=O) groups excluding carboxylic acids is 1. The van der Waals surface area contributed by atoms with Gasteiger partial charge in [0, 0.05) is 23.6 Å². The molecule has 1 aliphatic heterocycles. The van der Waals surface area contributed by atoms with Gasteiger partial charge in [-0.3, -0.25) is 0 Å². The van der Waals surface area contributed by atoms with E-state index in [1.54, 1.807) is 12.1 Å². The van der Waals surface area contributed by atoms with Crippen molar-refractivity contribution in [2.45, 2.75) is 18.9 Å². The number of hydrogen-bond acceptors (Lipinski definition) is 5. The Hall–Kier alpha value is -1.59. The fraction of sp³-hybridized carbons (Fsp3) is 0.385. The summed E-state index contributed by atoms with van der Waals surface area (Å²) in [5.41, 5.74) is 6.91. The Balaban J connectivity index is 2.30.